The van der Waals surface area contributed by atoms with Crippen molar-refractivity contribution in [1.82, 2.24) is 5.32 Å². The molecule has 2 N–H and O–H groups in total. The lowest BCUT2D eigenvalue weighted by Crippen LogP contribution is -2.29. The van der Waals surface area contributed by atoms with Crippen molar-refractivity contribution in [3.05, 3.63) is 83.2 Å². The van der Waals surface area contributed by atoms with Crippen molar-refractivity contribution < 1.29 is 10.6 Å². The number of rotatable bonds is 5. The van der Waals surface area contributed by atoms with Gasteiger partial charge in [-0.05, 0) is 39.6 Å². The van der Waals surface area contributed by atoms with Crippen molar-refractivity contribution in [2.24, 2.45) is 0 Å². The molecule has 0 saturated heterocycles. The Balaban J connectivity index is 0.00000261. The topological polar surface area (TPSA) is 76.7 Å². The standard InChI is InChI=1S/C21H16FN3O.H2/c22-17-9-7-14(8-10-17)20(13-24)25-21(26)11-15-5-6-16(12-23)19-4-2-1-3-18(15)19;/h1-10,12,20,23H,11H2,(H,25,26);1H. The van der Waals surface area contributed by atoms with Gasteiger partial charge in [-0.25, -0.2) is 4.39 Å². The van der Waals surface area contributed by atoms with Gasteiger partial charge in [0.2, 0.25) is 5.91 Å². The molecule has 4 nitrogen and oxygen atoms in total. The van der Waals surface area contributed by atoms with E-state index in [2.05, 4.69) is 5.32 Å². The summed E-state index contributed by atoms with van der Waals surface area (Å²) in [5.41, 5.74) is 2.14. The Labute approximate surface area is 151 Å². The molecule has 0 radical (unpaired) electrons. The highest BCUT2D eigenvalue weighted by molar-refractivity contribution is 6.01. The van der Waals surface area contributed by atoms with Gasteiger partial charge in [-0.1, -0.05) is 48.5 Å². The van der Waals surface area contributed by atoms with Crippen LogP contribution >= 0.6 is 0 Å². The fraction of sp³-hybridized carbons (Fsp3) is 0.0952. The molecule has 1 amide bonds. The van der Waals surface area contributed by atoms with Crippen molar-refractivity contribution in [3.8, 4) is 6.07 Å². The van der Waals surface area contributed by atoms with Crippen LogP contribution in [0.15, 0.2) is 60.7 Å². The van der Waals surface area contributed by atoms with E-state index in [1.54, 1.807) is 6.07 Å². The smallest absolute Gasteiger partial charge is 0.225 e. The van der Waals surface area contributed by atoms with Gasteiger partial charge < -0.3 is 10.7 Å². The maximum atomic E-state index is 13.0. The lowest BCUT2D eigenvalue weighted by Gasteiger charge is -2.13. The summed E-state index contributed by atoms with van der Waals surface area (Å²) in [4.78, 5) is 12.4. The fourth-order valence-electron chi connectivity index (χ4n) is 2.90. The number of nitrogens with zero attached hydrogens (tertiary/aromatic N) is 1. The third kappa shape index (κ3) is 3.60. The van der Waals surface area contributed by atoms with Gasteiger partial charge in [-0.3, -0.25) is 4.79 Å². The first-order valence-electron chi connectivity index (χ1n) is 8.08. The van der Waals surface area contributed by atoms with Crippen molar-refractivity contribution in [2.45, 2.75) is 12.5 Å². The van der Waals surface area contributed by atoms with Crippen LogP contribution in [0.4, 0.5) is 4.39 Å². The molecule has 0 spiro atoms. The molecule has 5 heteroatoms. The summed E-state index contributed by atoms with van der Waals surface area (Å²) in [5, 5.41) is 21.3. The van der Waals surface area contributed by atoms with Gasteiger partial charge in [0.1, 0.15) is 11.9 Å². The van der Waals surface area contributed by atoms with Gasteiger partial charge in [0, 0.05) is 7.64 Å². The summed E-state index contributed by atoms with van der Waals surface area (Å²) in [6, 6.07) is 17.9. The maximum absolute atomic E-state index is 13.0. The highest BCUT2D eigenvalue weighted by atomic mass is 19.1. The summed E-state index contributed by atoms with van der Waals surface area (Å²) in [5.74, 6) is -0.692. The van der Waals surface area contributed by atoms with Crippen LogP contribution in [0.25, 0.3) is 10.8 Å². The zero-order valence-corrected chi connectivity index (χ0v) is 13.9. The summed E-state index contributed by atoms with van der Waals surface area (Å²) < 4.78 is 13.0. The summed E-state index contributed by atoms with van der Waals surface area (Å²) in [6.45, 7) is 0. The Morgan fingerprint density at radius 2 is 1.85 bits per heavy atom. The number of amides is 1. The first-order chi connectivity index (χ1) is 12.6. The molecule has 0 aliphatic carbocycles. The van der Waals surface area contributed by atoms with Gasteiger partial charge in [0.15, 0.2) is 0 Å². The molecule has 0 bridgehead atoms. The largest absolute Gasteiger partial charge is 0.336 e. The van der Waals surface area contributed by atoms with Crippen LogP contribution in [0, 0.1) is 22.6 Å². The van der Waals surface area contributed by atoms with Crippen LogP contribution in [-0.4, -0.2) is 12.1 Å². The second-order valence-electron chi connectivity index (χ2n) is 5.86. The van der Waals surface area contributed by atoms with Crippen LogP contribution in [0.1, 0.15) is 24.2 Å². The second-order valence-corrected chi connectivity index (χ2v) is 5.86. The lowest BCUT2D eigenvalue weighted by molar-refractivity contribution is -0.120. The van der Waals surface area contributed by atoms with E-state index in [0.717, 1.165) is 21.9 Å². The Kier molecular flexibility index (Phi) is 5.04. The Bertz CT molecular complexity index is 1010. The number of nitriles is 1. The molecular formula is C21H18FN3O. The summed E-state index contributed by atoms with van der Waals surface area (Å²) in [6.07, 6.45) is 1.39. The maximum Gasteiger partial charge on any atom is 0.225 e. The average molecular weight is 347 g/mol. The van der Waals surface area contributed by atoms with Crippen LogP contribution in [-0.2, 0) is 11.2 Å². The van der Waals surface area contributed by atoms with E-state index in [4.69, 9.17) is 5.41 Å². The molecule has 0 heterocycles. The first-order valence-corrected chi connectivity index (χ1v) is 8.08. The molecule has 3 aromatic rings. The molecule has 1 atom stereocenters. The molecule has 0 aliphatic rings. The van der Waals surface area contributed by atoms with E-state index in [9.17, 15) is 14.4 Å². The van der Waals surface area contributed by atoms with Crippen LogP contribution in [0.5, 0.6) is 0 Å². The minimum atomic E-state index is -0.838. The zero-order chi connectivity index (χ0) is 18.5. The SMILES string of the molecule is N#CC(NC(=O)Cc1ccc(C=N)c2ccccc12)c1ccc(F)cc1.[HH]. The monoisotopic (exact) mass is 347 g/mol. The van der Waals surface area contributed by atoms with E-state index >= 15 is 0 Å². The highest BCUT2D eigenvalue weighted by Crippen LogP contribution is 2.23. The first kappa shape index (κ1) is 17.3. The molecule has 0 saturated carbocycles. The zero-order valence-electron chi connectivity index (χ0n) is 13.9. The summed E-state index contributed by atoms with van der Waals surface area (Å²) in [7, 11) is 0. The quantitative estimate of drug-likeness (QED) is 0.680. The van der Waals surface area contributed by atoms with Crippen molar-refractivity contribution in [3.63, 3.8) is 0 Å². The van der Waals surface area contributed by atoms with Gasteiger partial charge >= 0.3 is 0 Å². The van der Waals surface area contributed by atoms with E-state index in [1.807, 2.05) is 36.4 Å². The van der Waals surface area contributed by atoms with E-state index in [-0.39, 0.29) is 13.8 Å². The minimum absolute atomic E-state index is 0. The number of carbonyl (C=O) groups excluding carboxylic acids is 1. The second kappa shape index (κ2) is 7.58. The number of hydrogen-bond donors (Lipinski definition) is 2. The molecule has 3 rings (SSSR count). The van der Waals surface area contributed by atoms with Crippen molar-refractivity contribution >= 4 is 22.9 Å². The van der Waals surface area contributed by atoms with E-state index < -0.39 is 11.9 Å². The predicted molar refractivity (Wildman–Crippen MR) is 101 cm³/mol. The molecule has 0 aromatic heterocycles. The number of fused-ring (bicyclic) bond motifs is 1. The number of hydrogen-bond acceptors (Lipinski definition) is 3. The Morgan fingerprint density at radius 3 is 2.50 bits per heavy atom. The fourth-order valence-corrected chi connectivity index (χ4v) is 2.90. The van der Waals surface area contributed by atoms with Crippen molar-refractivity contribution in [1.29, 1.82) is 10.7 Å². The Hall–Kier alpha value is -3.52. The molecule has 26 heavy (non-hydrogen) atoms. The van der Waals surface area contributed by atoms with Gasteiger partial charge in [-0.2, -0.15) is 5.26 Å². The van der Waals surface area contributed by atoms with Gasteiger partial charge in [-0.15, -0.1) is 0 Å². The number of halogens is 1. The number of carbonyl (C=O) groups is 1. The van der Waals surface area contributed by atoms with E-state index in [1.165, 1.54) is 30.5 Å². The van der Waals surface area contributed by atoms with Crippen LogP contribution < -0.4 is 5.32 Å². The van der Waals surface area contributed by atoms with Gasteiger partial charge in [0.05, 0.1) is 12.5 Å². The Morgan fingerprint density at radius 1 is 1.15 bits per heavy atom. The molecule has 0 fully saturated rings. The molecular weight excluding hydrogens is 329 g/mol. The molecule has 3 aromatic carbocycles. The molecule has 130 valence electrons. The average Bonchev–Trinajstić information content (AvgIpc) is 2.67. The number of benzene rings is 3. The highest BCUT2D eigenvalue weighted by Gasteiger charge is 2.15. The predicted octanol–water partition coefficient (Wildman–Crippen LogP) is 4.15. The van der Waals surface area contributed by atoms with Crippen LogP contribution in [0.2, 0.25) is 0 Å². The molecule has 0 aliphatic heterocycles. The van der Waals surface area contributed by atoms with E-state index in [0.29, 0.717) is 5.56 Å². The third-order valence-electron chi connectivity index (χ3n) is 4.19. The number of nitrogens with one attached hydrogen (secondary N) is 2. The third-order valence-corrected chi connectivity index (χ3v) is 4.19. The minimum Gasteiger partial charge on any atom is -0.336 e. The van der Waals surface area contributed by atoms with Gasteiger partial charge in [0.25, 0.3) is 0 Å². The van der Waals surface area contributed by atoms with Crippen LogP contribution in [0.3, 0.4) is 0 Å². The summed E-state index contributed by atoms with van der Waals surface area (Å²) >= 11 is 0. The van der Waals surface area contributed by atoms with Crippen molar-refractivity contribution in [2.75, 3.05) is 0 Å². The molecule has 1 unspecified atom stereocenters. The lowest BCUT2D eigenvalue weighted by atomic mass is 9.98. The normalized spacial score (nSPS) is 11.5.